The number of benzene rings is 6. The molecule has 0 aliphatic heterocycles. The predicted octanol–water partition coefficient (Wildman–Crippen LogP) is 11.7. The molecule has 6 aromatic carbocycles. The van der Waals surface area contributed by atoms with E-state index in [4.69, 9.17) is 19.4 Å². The first kappa shape index (κ1) is 29.3. The van der Waals surface area contributed by atoms with Gasteiger partial charge in [-0.15, -0.1) is 0 Å². The molecule has 2 aromatic heterocycles. The van der Waals surface area contributed by atoms with Crippen LogP contribution in [0.15, 0.2) is 144 Å². The monoisotopic (exact) mass is 633 g/mol. The number of fused-ring (bicyclic) bond motifs is 7. The van der Waals surface area contributed by atoms with E-state index in [9.17, 15) is 0 Å². The molecule has 0 saturated heterocycles. The molecule has 0 N–H and O–H groups in total. The third kappa shape index (κ3) is 4.55. The molecule has 2 heterocycles. The first-order valence-electron chi connectivity index (χ1n) is 16.9. The molecule has 1 aliphatic carbocycles. The normalized spacial score (nSPS) is 14.4. The minimum Gasteiger partial charge on any atom is -0.456 e. The second-order valence-electron chi connectivity index (χ2n) is 14.1. The summed E-state index contributed by atoms with van der Waals surface area (Å²) in [5.74, 6) is 1.97. The summed E-state index contributed by atoms with van der Waals surface area (Å²) in [5, 5.41) is 2.41. The van der Waals surface area contributed by atoms with E-state index in [1.807, 2.05) is 66.7 Å². The van der Waals surface area contributed by atoms with Crippen LogP contribution in [0, 0.1) is 0 Å². The zero-order valence-corrected chi connectivity index (χ0v) is 28.0. The average Bonchev–Trinajstić information content (AvgIpc) is 3.53. The summed E-state index contributed by atoms with van der Waals surface area (Å²) < 4.78 is 6.34. The molecule has 49 heavy (non-hydrogen) atoms. The molecule has 0 saturated carbocycles. The Bertz CT molecular complexity index is 2490. The molecule has 236 valence electrons. The highest BCUT2D eigenvalue weighted by atomic mass is 16.3. The summed E-state index contributed by atoms with van der Waals surface area (Å²) in [5.41, 5.74) is 12.0. The van der Waals surface area contributed by atoms with Crippen molar-refractivity contribution in [1.29, 1.82) is 0 Å². The highest BCUT2D eigenvalue weighted by Gasteiger charge is 2.47. The van der Waals surface area contributed by atoms with Gasteiger partial charge in [0, 0.05) is 32.9 Å². The van der Waals surface area contributed by atoms with Crippen molar-refractivity contribution in [2.45, 2.75) is 38.5 Å². The van der Waals surface area contributed by atoms with E-state index in [1.54, 1.807) is 0 Å². The van der Waals surface area contributed by atoms with Gasteiger partial charge in [-0.05, 0) is 63.1 Å². The number of furan rings is 1. The molecule has 8 aromatic rings. The molecular formula is C45H35N3O. The molecule has 0 atom stereocenters. The molecular weight excluding hydrogens is 599 g/mol. The molecule has 4 nitrogen and oxygen atoms in total. The number of rotatable bonds is 4. The van der Waals surface area contributed by atoms with Crippen molar-refractivity contribution in [3.05, 3.63) is 151 Å². The molecule has 0 spiro atoms. The Balaban J connectivity index is 1.19. The molecule has 0 amide bonds. The van der Waals surface area contributed by atoms with E-state index in [0.717, 1.165) is 33.4 Å². The molecule has 0 bridgehead atoms. The van der Waals surface area contributed by atoms with Crippen molar-refractivity contribution in [2.75, 3.05) is 0 Å². The Morgan fingerprint density at radius 3 is 1.67 bits per heavy atom. The van der Waals surface area contributed by atoms with Crippen LogP contribution in [0.2, 0.25) is 0 Å². The van der Waals surface area contributed by atoms with Gasteiger partial charge in [0.15, 0.2) is 17.5 Å². The smallest absolute Gasteiger partial charge is 0.164 e. The Hall–Kier alpha value is -5.87. The van der Waals surface area contributed by atoms with Gasteiger partial charge in [0.05, 0.1) is 0 Å². The van der Waals surface area contributed by atoms with Crippen LogP contribution < -0.4 is 0 Å². The van der Waals surface area contributed by atoms with E-state index in [0.29, 0.717) is 17.5 Å². The Morgan fingerprint density at radius 2 is 0.980 bits per heavy atom. The van der Waals surface area contributed by atoms with Crippen molar-refractivity contribution in [3.63, 3.8) is 0 Å². The van der Waals surface area contributed by atoms with E-state index in [1.165, 1.54) is 38.6 Å². The minimum atomic E-state index is -0.172. The maximum atomic E-state index is 6.34. The van der Waals surface area contributed by atoms with Crippen molar-refractivity contribution < 1.29 is 4.42 Å². The first-order chi connectivity index (χ1) is 23.8. The summed E-state index contributed by atoms with van der Waals surface area (Å²) in [6.07, 6.45) is 0. The van der Waals surface area contributed by atoms with Crippen LogP contribution in [0.1, 0.15) is 38.8 Å². The Labute approximate surface area is 286 Å². The SMILES string of the molecule is CC1(C)c2cc(-c3cccc(-c4nc(-c5ccccc5)nc(-c5ccccc5)n4)c3)ccc2-c2ccc3oc4ccccc4c3c2C1(C)C. The average molecular weight is 634 g/mol. The Morgan fingerprint density at radius 1 is 0.429 bits per heavy atom. The van der Waals surface area contributed by atoms with Gasteiger partial charge >= 0.3 is 0 Å². The maximum Gasteiger partial charge on any atom is 0.164 e. The van der Waals surface area contributed by atoms with Crippen LogP contribution in [0.4, 0.5) is 0 Å². The summed E-state index contributed by atoms with van der Waals surface area (Å²) >= 11 is 0. The van der Waals surface area contributed by atoms with Gasteiger partial charge in [-0.2, -0.15) is 0 Å². The second-order valence-corrected chi connectivity index (χ2v) is 14.1. The van der Waals surface area contributed by atoms with Crippen molar-refractivity contribution in [1.82, 2.24) is 15.0 Å². The van der Waals surface area contributed by atoms with Crippen LogP contribution in [-0.2, 0) is 10.8 Å². The van der Waals surface area contributed by atoms with Crippen LogP contribution in [0.5, 0.6) is 0 Å². The lowest BCUT2D eigenvalue weighted by molar-refractivity contribution is 0.301. The van der Waals surface area contributed by atoms with Gasteiger partial charge in [-0.3, -0.25) is 0 Å². The third-order valence-corrected chi connectivity index (χ3v) is 10.9. The number of nitrogens with zero attached hydrogens (tertiary/aromatic N) is 3. The number of hydrogen-bond acceptors (Lipinski definition) is 4. The van der Waals surface area contributed by atoms with Gasteiger partial charge < -0.3 is 4.42 Å². The zero-order chi connectivity index (χ0) is 33.3. The van der Waals surface area contributed by atoms with Crippen molar-refractivity contribution >= 4 is 21.9 Å². The lowest BCUT2D eigenvalue weighted by Gasteiger charge is -2.48. The lowest BCUT2D eigenvalue weighted by Crippen LogP contribution is -2.43. The molecule has 4 heteroatoms. The van der Waals surface area contributed by atoms with E-state index >= 15 is 0 Å². The number of para-hydroxylation sites is 1. The lowest BCUT2D eigenvalue weighted by atomic mass is 9.54. The summed E-state index contributed by atoms with van der Waals surface area (Å²) in [7, 11) is 0. The van der Waals surface area contributed by atoms with Gasteiger partial charge in [0.2, 0.25) is 0 Å². The van der Waals surface area contributed by atoms with E-state index in [2.05, 4.69) is 100 Å². The topological polar surface area (TPSA) is 51.8 Å². The van der Waals surface area contributed by atoms with Gasteiger partial charge in [-0.1, -0.05) is 143 Å². The largest absolute Gasteiger partial charge is 0.456 e. The predicted molar refractivity (Wildman–Crippen MR) is 200 cm³/mol. The summed E-state index contributed by atoms with van der Waals surface area (Å²) in [4.78, 5) is 14.8. The third-order valence-electron chi connectivity index (χ3n) is 10.9. The van der Waals surface area contributed by atoms with Crippen molar-refractivity contribution in [3.8, 4) is 56.4 Å². The molecule has 9 rings (SSSR count). The summed E-state index contributed by atoms with van der Waals surface area (Å²) in [6.45, 7) is 9.55. The standard InChI is InChI=1S/C45H35N3O/c1-44(2)36-27-31(22-23-33(36)34-24-25-38-39(40(34)45(44,3)4)35-20-11-12-21-37(35)49-38)30-18-13-19-32(26-30)43-47-41(28-14-7-5-8-15-28)46-42(48-43)29-16-9-6-10-17-29/h5-27H,1-4H3. The van der Waals surface area contributed by atoms with Crippen LogP contribution >= 0.6 is 0 Å². The quantitative estimate of drug-likeness (QED) is 0.193. The molecule has 1 aliphatic rings. The van der Waals surface area contributed by atoms with Gasteiger partial charge in [0.25, 0.3) is 0 Å². The molecule has 0 radical (unpaired) electrons. The van der Waals surface area contributed by atoms with Crippen molar-refractivity contribution in [2.24, 2.45) is 0 Å². The molecule has 0 unspecified atom stereocenters. The fourth-order valence-electron chi connectivity index (χ4n) is 7.59. The highest BCUT2D eigenvalue weighted by Crippen LogP contribution is 2.57. The number of hydrogen-bond donors (Lipinski definition) is 0. The fourth-order valence-corrected chi connectivity index (χ4v) is 7.59. The zero-order valence-electron chi connectivity index (χ0n) is 28.0. The number of aromatic nitrogens is 3. The van der Waals surface area contributed by atoms with Crippen LogP contribution in [0.3, 0.4) is 0 Å². The van der Waals surface area contributed by atoms with Crippen LogP contribution in [-0.4, -0.2) is 15.0 Å². The maximum absolute atomic E-state index is 6.34. The van der Waals surface area contributed by atoms with Crippen LogP contribution in [0.25, 0.3) is 78.4 Å². The highest BCUT2D eigenvalue weighted by molar-refractivity contribution is 6.10. The van der Waals surface area contributed by atoms with Gasteiger partial charge in [-0.25, -0.2) is 15.0 Å². The van der Waals surface area contributed by atoms with E-state index in [-0.39, 0.29) is 10.8 Å². The second kappa shape index (κ2) is 10.8. The Kier molecular flexibility index (Phi) is 6.47. The summed E-state index contributed by atoms with van der Waals surface area (Å²) in [6, 6.07) is 48.6. The van der Waals surface area contributed by atoms with E-state index < -0.39 is 0 Å². The first-order valence-corrected chi connectivity index (χ1v) is 16.9. The fraction of sp³-hybridized carbons (Fsp3) is 0.133. The van der Waals surface area contributed by atoms with Gasteiger partial charge in [0.1, 0.15) is 11.2 Å². The molecule has 0 fully saturated rings. The minimum absolute atomic E-state index is 0.168.